The molecular formula is C28H32N2O3. The third kappa shape index (κ3) is 5.92. The summed E-state index contributed by atoms with van der Waals surface area (Å²) < 4.78 is 5.74. The van der Waals surface area contributed by atoms with E-state index in [1.54, 1.807) is 9.80 Å². The Morgan fingerprint density at radius 3 is 2.24 bits per heavy atom. The molecule has 0 aliphatic heterocycles. The highest BCUT2D eigenvalue weighted by atomic mass is 16.3. The van der Waals surface area contributed by atoms with Gasteiger partial charge >= 0.3 is 0 Å². The highest BCUT2D eigenvalue weighted by Gasteiger charge is 2.45. The van der Waals surface area contributed by atoms with Gasteiger partial charge in [-0.25, -0.2) is 0 Å². The number of rotatable bonds is 10. The normalized spacial score (nSPS) is 16.9. The van der Waals surface area contributed by atoms with Crippen molar-refractivity contribution in [3.05, 3.63) is 95.4 Å². The summed E-state index contributed by atoms with van der Waals surface area (Å²) in [4.78, 5) is 30.3. The van der Waals surface area contributed by atoms with Crippen LogP contribution in [0.15, 0.2) is 77.2 Å². The number of carbonyl (C=O) groups excluding carboxylic acids is 2. The highest BCUT2D eigenvalue weighted by molar-refractivity contribution is 5.88. The van der Waals surface area contributed by atoms with Crippen LogP contribution in [0.25, 0.3) is 0 Å². The van der Waals surface area contributed by atoms with Gasteiger partial charge in [0.05, 0.1) is 13.1 Å². The Bertz CT molecular complexity index is 1060. The van der Waals surface area contributed by atoms with Crippen LogP contribution in [0, 0.1) is 12.8 Å². The summed E-state index contributed by atoms with van der Waals surface area (Å²) in [6.07, 6.45) is 1.68. The van der Waals surface area contributed by atoms with Crippen molar-refractivity contribution >= 4 is 11.8 Å². The zero-order chi connectivity index (χ0) is 23.2. The first-order valence-electron chi connectivity index (χ1n) is 11.8. The third-order valence-electron chi connectivity index (χ3n) is 6.18. The van der Waals surface area contributed by atoms with E-state index in [1.165, 1.54) is 5.56 Å². The summed E-state index contributed by atoms with van der Waals surface area (Å²) in [6.45, 7) is 5.47. The van der Waals surface area contributed by atoms with Crippen LogP contribution >= 0.6 is 0 Å². The lowest BCUT2D eigenvalue weighted by Gasteiger charge is -2.27. The van der Waals surface area contributed by atoms with Crippen LogP contribution in [-0.2, 0) is 22.7 Å². The Morgan fingerprint density at radius 1 is 0.909 bits per heavy atom. The lowest BCUT2D eigenvalue weighted by Crippen LogP contribution is -2.43. The lowest BCUT2D eigenvalue weighted by molar-refractivity contribution is -0.142. The number of hydrogen-bond donors (Lipinski definition) is 0. The van der Waals surface area contributed by atoms with E-state index in [2.05, 4.69) is 12.1 Å². The number of carbonyl (C=O) groups is 2. The molecule has 0 saturated heterocycles. The molecule has 0 bridgehead atoms. The van der Waals surface area contributed by atoms with E-state index >= 15 is 0 Å². The molecule has 1 aliphatic rings. The van der Waals surface area contributed by atoms with Gasteiger partial charge in [-0.2, -0.15) is 0 Å². The molecule has 1 aliphatic carbocycles. The molecule has 2 aromatic carbocycles. The predicted octanol–water partition coefficient (Wildman–Crippen LogP) is 5.16. The quantitative estimate of drug-likeness (QED) is 0.434. The molecule has 2 amide bonds. The van der Waals surface area contributed by atoms with E-state index < -0.39 is 0 Å². The molecule has 5 nitrogen and oxygen atoms in total. The van der Waals surface area contributed by atoms with E-state index in [0.29, 0.717) is 19.6 Å². The molecule has 1 fully saturated rings. The van der Waals surface area contributed by atoms with E-state index in [0.717, 1.165) is 29.9 Å². The second kappa shape index (κ2) is 10.5. The van der Waals surface area contributed by atoms with Crippen molar-refractivity contribution in [2.24, 2.45) is 5.92 Å². The summed E-state index contributed by atoms with van der Waals surface area (Å²) >= 11 is 0. The number of amides is 2. The van der Waals surface area contributed by atoms with Crippen LogP contribution in [0.5, 0.6) is 0 Å². The summed E-state index contributed by atoms with van der Waals surface area (Å²) in [5.41, 5.74) is 2.26. The number of furan rings is 1. The molecule has 0 spiro atoms. The molecule has 1 heterocycles. The van der Waals surface area contributed by atoms with Crippen LogP contribution in [0.4, 0.5) is 0 Å². The molecule has 3 aromatic rings. The molecule has 4 rings (SSSR count). The van der Waals surface area contributed by atoms with E-state index in [1.807, 2.05) is 74.5 Å². The number of hydrogen-bond acceptors (Lipinski definition) is 3. The van der Waals surface area contributed by atoms with Crippen molar-refractivity contribution in [2.45, 2.75) is 45.7 Å². The Labute approximate surface area is 196 Å². The van der Waals surface area contributed by atoms with Gasteiger partial charge in [-0.15, -0.1) is 0 Å². The van der Waals surface area contributed by atoms with Gasteiger partial charge in [0.25, 0.3) is 0 Å². The van der Waals surface area contributed by atoms with E-state index in [4.69, 9.17) is 4.42 Å². The zero-order valence-electron chi connectivity index (χ0n) is 19.4. The second-order valence-electron chi connectivity index (χ2n) is 8.87. The van der Waals surface area contributed by atoms with Crippen molar-refractivity contribution in [3.63, 3.8) is 0 Å². The fourth-order valence-electron chi connectivity index (χ4n) is 4.37. The minimum absolute atomic E-state index is 0.0259. The van der Waals surface area contributed by atoms with Gasteiger partial charge < -0.3 is 14.2 Å². The molecule has 0 radical (unpaired) electrons. The topological polar surface area (TPSA) is 53.8 Å². The van der Waals surface area contributed by atoms with Crippen molar-refractivity contribution in [2.75, 3.05) is 13.1 Å². The first-order valence-corrected chi connectivity index (χ1v) is 11.8. The maximum absolute atomic E-state index is 13.4. The van der Waals surface area contributed by atoms with Gasteiger partial charge in [0, 0.05) is 19.0 Å². The molecular weight excluding hydrogens is 412 g/mol. The second-order valence-corrected chi connectivity index (χ2v) is 8.87. The molecule has 5 heteroatoms. The van der Waals surface area contributed by atoms with Gasteiger partial charge in [-0.3, -0.25) is 9.59 Å². The van der Waals surface area contributed by atoms with Crippen LogP contribution < -0.4 is 0 Å². The zero-order valence-corrected chi connectivity index (χ0v) is 19.4. The number of aryl methyl sites for hydroxylation is 1. The van der Waals surface area contributed by atoms with Gasteiger partial charge in [0.15, 0.2) is 0 Å². The summed E-state index contributed by atoms with van der Waals surface area (Å²) in [7, 11) is 0. The lowest BCUT2D eigenvalue weighted by atomic mass is 10.1. The van der Waals surface area contributed by atoms with Crippen molar-refractivity contribution in [3.8, 4) is 0 Å². The van der Waals surface area contributed by atoms with Crippen LogP contribution in [0.3, 0.4) is 0 Å². The summed E-state index contributed by atoms with van der Waals surface area (Å²) in [5, 5.41) is 0. The molecule has 0 N–H and O–H groups in total. The van der Waals surface area contributed by atoms with Crippen LogP contribution in [0.2, 0.25) is 0 Å². The minimum atomic E-state index is -0.0633. The van der Waals surface area contributed by atoms with Crippen LogP contribution in [0.1, 0.15) is 48.3 Å². The Hall–Kier alpha value is -3.34. The van der Waals surface area contributed by atoms with Crippen LogP contribution in [-0.4, -0.2) is 34.7 Å². The van der Waals surface area contributed by atoms with E-state index in [-0.39, 0.29) is 30.2 Å². The Balaban J connectivity index is 1.46. The van der Waals surface area contributed by atoms with Crippen molar-refractivity contribution < 1.29 is 14.0 Å². The average Bonchev–Trinajstić information content (AvgIpc) is 3.53. The SMILES string of the molecule is CCCN(CC(=O)N(Cc1ccccc1)Cc1ccc(C)o1)C(=O)C1CC1c1ccccc1. The Kier molecular flexibility index (Phi) is 7.28. The first kappa shape index (κ1) is 22.8. The third-order valence-corrected chi connectivity index (χ3v) is 6.18. The summed E-state index contributed by atoms with van der Waals surface area (Å²) in [5.74, 6) is 1.83. The van der Waals surface area contributed by atoms with E-state index in [9.17, 15) is 9.59 Å². The predicted molar refractivity (Wildman–Crippen MR) is 128 cm³/mol. The van der Waals surface area contributed by atoms with Crippen molar-refractivity contribution in [1.29, 1.82) is 0 Å². The fourth-order valence-corrected chi connectivity index (χ4v) is 4.37. The number of nitrogens with zero attached hydrogens (tertiary/aromatic N) is 2. The van der Waals surface area contributed by atoms with Gasteiger partial charge in [0.2, 0.25) is 11.8 Å². The smallest absolute Gasteiger partial charge is 0.242 e. The monoisotopic (exact) mass is 444 g/mol. The average molecular weight is 445 g/mol. The highest BCUT2D eigenvalue weighted by Crippen LogP contribution is 2.48. The molecule has 1 saturated carbocycles. The molecule has 2 unspecified atom stereocenters. The molecule has 33 heavy (non-hydrogen) atoms. The fraction of sp³-hybridized carbons (Fsp3) is 0.357. The largest absolute Gasteiger partial charge is 0.464 e. The standard InChI is InChI=1S/C28H32N2O3/c1-3-16-29(28(32)26-17-25(26)23-12-8-5-9-13-23)20-27(31)30(18-22-10-6-4-7-11-22)19-24-15-14-21(2)33-24/h4-15,25-26H,3,16-20H2,1-2H3. The molecule has 2 atom stereocenters. The van der Waals surface area contributed by atoms with Gasteiger partial charge in [-0.05, 0) is 48.9 Å². The first-order chi connectivity index (χ1) is 16.0. The minimum Gasteiger partial charge on any atom is -0.464 e. The van der Waals surface area contributed by atoms with Crippen molar-refractivity contribution in [1.82, 2.24) is 9.80 Å². The maximum Gasteiger partial charge on any atom is 0.242 e. The van der Waals surface area contributed by atoms with Gasteiger partial charge in [-0.1, -0.05) is 67.6 Å². The number of benzene rings is 2. The van der Waals surface area contributed by atoms with Gasteiger partial charge in [0.1, 0.15) is 11.5 Å². The molecule has 172 valence electrons. The summed E-state index contributed by atoms with van der Waals surface area (Å²) in [6, 6.07) is 23.9. The maximum atomic E-state index is 13.4. The molecule has 1 aromatic heterocycles. The Morgan fingerprint density at radius 2 is 1.61 bits per heavy atom.